The average Bonchev–Trinajstić information content (AvgIpc) is 3.11. The molecule has 0 fully saturated rings. The Labute approximate surface area is 155 Å². The van der Waals surface area contributed by atoms with Gasteiger partial charge in [-0.2, -0.15) is 13.2 Å². The fraction of sp³-hybridized carbons (Fsp3) is 0.0556. The molecular weight excluding hydrogens is 373 g/mol. The molecule has 4 rings (SSSR count). The fourth-order valence-corrected chi connectivity index (χ4v) is 2.68. The highest BCUT2D eigenvalue weighted by atomic mass is 19.4. The number of nitrogens with zero attached hydrogens (tertiary/aromatic N) is 5. The van der Waals surface area contributed by atoms with Crippen molar-refractivity contribution in [2.24, 2.45) is 0 Å². The van der Waals surface area contributed by atoms with Crippen molar-refractivity contribution in [1.82, 2.24) is 24.3 Å². The van der Waals surface area contributed by atoms with Crippen LogP contribution in [0.25, 0.3) is 16.9 Å². The minimum absolute atomic E-state index is 0.0371. The number of benzene rings is 1. The van der Waals surface area contributed by atoms with E-state index >= 15 is 0 Å². The van der Waals surface area contributed by atoms with Gasteiger partial charge in [-0.05, 0) is 18.2 Å². The molecule has 0 aliphatic heterocycles. The first-order chi connectivity index (χ1) is 13.4. The summed E-state index contributed by atoms with van der Waals surface area (Å²) in [6, 6.07) is 8.05. The molecule has 0 aliphatic carbocycles. The third kappa shape index (κ3) is 3.27. The summed E-state index contributed by atoms with van der Waals surface area (Å²) < 4.78 is 41.4. The van der Waals surface area contributed by atoms with E-state index in [1.165, 1.54) is 59.8 Å². The van der Waals surface area contributed by atoms with Crippen LogP contribution in [0.2, 0.25) is 0 Å². The van der Waals surface area contributed by atoms with Gasteiger partial charge in [-0.15, -0.1) is 0 Å². The maximum Gasteiger partial charge on any atom is 0.417 e. The molecule has 1 amide bonds. The molecule has 3 aromatic heterocycles. The second-order valence-electron chi connectivity index (χ2n) is 5.73. The molecule has 1 N–H and O–H groups in total. The number of carbonyl (C=O) groups excluding carboxylic acids is 1. The molecule has 140 valence electrons. The van der Waals surface area contributed by atoms with Crippen LogP contribution in [-0.2, 0) is 6.18 Å². The maximum absolute atomic E-state index is 13.3. The third-order valence-electron chi connectivity index (χ3n) is 3.93. The third-order valence-corrected chi connectivity index (χ3v) is 3.93. The Kier molecular flexibility index (Phi) is 4.22. The topological polar surface area (TPSA) is 85.1 Å². The van der Waals surface area contributed by atoms with Crippen molar-refractivity contribution in [3.8, 4) is 11.3 Å². The standard InChI is InChI=1S/C18H11F3N6O/c19-18(20,21)12-4-2-1-3-11(12)13-6-8-27-10-24-15(16(27)25-13)17(28)26-14-5-7-22-9-23-14/h1-10H,(H,22,23,26,28). The van der Waals surface area contributed by atoms with Crippen molar-refractivity contribution in [3.05, 3.63) is 72.7 Å². The van der Waals surface area contributed by atoms with E-state index in [9.17, 15) is 18.0 Å². The highest BCUT2D eigenvalue weighted by molar-refractivity contribution is 6.06. The Morgan fingerprint density at radius 2 is 1.89 bits per heavy atom. The number of imidazole rings is 1. The Bertz CT molecular complexity index is 1160. The minimum Gasteiger partial charge on any atom is -0.305 e. The van der Waals surface area contributed by atoms with Crippen molar-refractivity contribution in [1.29, 1.82) is 0 Å². The van der Waals surface area contributed by atoms with E-state index < -0.39 is 17.6 Å². The molecule has 0 saturated heterocycles. The van der Waals surface area contributed by atoms with Crippen LogP contribution in [0.3, 0.4) is 0 Å². The van der Waals surface area contributed by atoms with E-state index in [2.05, 4.69) is 25.3 Å². The molecule has 4 aromatic rings. The zero-order chi connectivity index (χ0) is 19.7. The number of carbonyl (C=O) groups is 1. The number of fused-ring (bicyclic) bond motifs is 1. The molecule has 0 saturated carbocycles. The first-order valence-corrected chi connectivity index (χ1v) is 8.01. The van der Waals surface area contributed by atoms with Crippen LogP contribution >= 0.6 is 0 Å². The van der Waals surface area contributed by atoms with Crippen LogP contribution in [0, 0.1) is 0 Å². The molecule has 0 atom stereocenters. The molecule has 0 bridgehead atoms. The maximum atomic E-state index is 13.3. The van der Waals surface area contributed by atoms with E-state index in [1.807, 2.05) is 0 Å². The highest BCUT2D eigenvalue weighted by Gasteiger charge is 2.33. The number of alkyl halides is 3. The zero-order valence-corrected chi connectivity index (χ0v) is 14.1. The summed E-state index contributed by atoms with van der Waals surface area (Å²) in [6.45, 7) is 0. The van der Waals surface area contributed by atoms with Crippen molar-refractivity contribution in [3.63, 3.8) is 0 Å². The van der Waals surface area contributed by atoms with Crippen LogP contribution < -0.4 is 5.32 Å². The lowest BCUT2D eigenvalue weighted by molar-refractivity contribution is -0.137. The summed E-state index contributed by atoms with van der Waals surface area (Å²) in [7, 11) is 0. The molecule has 0 spiro atoms. The SMILES string of the molecule is O=C(Nc1ccncn1)c1ncn2ccc(-c3ccccc3C(F)(F)F)nc12. The number of aromatic nitrogens is 5. The van der Waals surface area contributed by atoms with Gasteiger partial charge in [0.15, 0.2) is 11.3 Å². The smallest absolute Gasteiger partial charge is 0.305 e. The van der Waals surface area contributed by atoms with Gasteiger partial charge in [0.1, 0.15) is 18.5 Å². The van der Waals surface area contributed by atoms with Crippen molar-refractivity contribution in [2.45, 2.75) is 6.18 Å². The monoisotopic (exact) mass is 384 g/mol. The predicted octanol–water partition coefficient (Wildman–Crippen LogP) is 3.46. The molecule has 10 heteroatoms. The Morgan fingerprint density at radius 1 is 1.07 bits per heavy atom. The second kappa shape index (κ2) is 6.72. The number of rotatable bonds is 3. The van der Waals surface area contributed by atoms with Gasteiger partial charge in [-0.1, -0.05) is 18.2 Å². The van der Waals surface area contributed by atoms with Gasteiger partial charge in [0.2, 0.25) is 0 Å². The number of hydrogen-bond donors (Lipinski definition) is 1. The van der Waals surface area contributed by atoms with E-state index in [-0.39, 0.29) is 28.4 Å². The summed E-state index contributed by atoms with van der Waals surface area (Å²) in [5.74, 6) is -0.324. The quantitative estimate of drug-likeness (QED) is 0.585. The highest BCUT2D eigenvalue weighted by Crippen LogP contribution is 2.36. The average molecular weight is 384 g/mol. The molecule has 0 aliphatic rings. The number of anilines is 1. The first kappa shape index (κ1) is 17.6. The largest absolute Gasteiger partial charge is 0.417 e. The number of halogens is 3. The molecule has 28 heavy (non-hydrogen) atoms. The van der Waals surface area contributed by atoms with Gasteiger partial charge in [-0.25, -0.2) is 19.9 Å². The van der Waals surface area contributed by atoms with E-state index in [0.717, 1.165) is 6.07 Å². The van der Waals surface area contributed by atoms with Gasteiger partial charge >= 0.3 is 6.18 Å². The van der Waals surface area contributed by atoms with Crippen molar-refractivity contribution < 1.29 is 18.0 Å². The van der Waals surface area contributed by atoms with Crippen LogP contribution in [0.15, 0.2) is 61.4 Å². The van der Waals surface area contributed by atoms with Crippen LogP contribution in [0.5, 0.6) is 0 Å². The Balaban J connectivity index is 1.77. The van der Waals surface area contributed by atoms with E-state index in [0.29, 0.717) is 0 Å². The van der Waals surface area contributed by atoms with E-state index in [4.69, 9.17) is 0 Å². The molecule has 0 radical (unpaired) electrons. The molecule has 7 nitrogen and oxygen atoms in total. The van der Waals surface area contributed by atoms with Gasteiger partial charge < -0.3 is 5.32 Å². The molecular formula is C18H11F3N6O. The number of nitrogens with one attached hydrogen (secondary N) is 1. The van der Waals surface area contributed by atoms with Crippen LogP contribution in [-0.4, -0.2) is 30.2 Å². The van der Waals surface area contributed by atoms with Crippen molar-refractivity contribution >= 4 is 17.4 Å². The van der Waals surface area contributed by atoms with Gasteiger partial charge in [0.25, 0.3) is 5.91 Å². The Morgan fingerprint density at radius 3 is 2.64 bits per heavy atom. The zero-order valence-electron chi connectivity index (χ0n) is 14.1. The summed E-state index contributed by atoms with van der Waals surface area (Å²) in [5.41, 5.74) is -0.720. The fourth-order valence-electron chi connectivity index (χ4n) is 2.68. The van der Waals surface area contributed by atoms with Gasteiger partial charge in [0, 0.05) is 18.0 Å². The summed E-state index contributed by atoms with van der Waals surface area (Å²) in [6.07, 6.45) is 1.05. The summed E-state index contributed by atoms with van der Waals surface area (Å²) in [4.78, 5) is 28.4. The van der Waals surface area contributed by atoms with Crippen LogP contribution in [0.4, 0.5) is 19.0 Å². The van der Waals surface area contributed by atoms with Gasteiger partial charge in [0.05, 0.1) is 11.3 Å². The first-order valence-electron chi connectivity index (χ1n) is 8.01. The minimum atomic E-state index is -4.53. The summed E-state index contributed by atoms with van der Waals surface area (Å²) in [5, 5.41) is 2.55. The van der Waals surface area contributed by atoms with E-state index in [1.54, 1.807) is 0 Å². The Hall–Kier alpha value is -3.82. The number of amides is 1. The normalized spacial score (nSPS) is 11.5. The van der Waals surface area contributed by atoms with Crippen LogP contribution in [0.1, 0.15) is 16.1 Å². The van der Waals surface area contributed by atoms with Crippen molar-refractivity contribution in [2.75, 3.05) is 5.32 Å². The molecule has 3 heterocycles. The summed E-state index contributed by atoms with van der Waals surface area (Å²) >= 11 is 0. The lowest BCUT2D eigenvalue weighted by Gasteiger charge is -2.12. The molecule has 1 aromatic carbocycles. The lowest BCUT2D eigenvalue weighted by Crippen LogP contribution is -2.14. The second-order valence-corrected chi connectivity index (χ2v) is 5.73. The molecule has 0 unspecified atom stereocenters. The van der Waals surface area contributed by atoms with Gasteiger partial charge in [-0.3, -0.25) is 9.20 Å². The predicted molar refractivity (Wildman–Crippen MR) is 93.4 cm³/mol. The lowest BCUT2D eigenvalue weighted by atomic mass is 10.0. The number of hydrogen-bond acceptors (Lipinski definition) is 5.